The molecule has 7 nitrogen and oxygen atoms in total. The van der Waals surface area contributed by atoms with Crippen LogP contribution in [0.2, 0.25) is 0 Å². The van der Waals surface area contributed by atoms with E-state index in [2.05, 4.69) is 5.32 Å². The van der Waals surface area contributed by atoms with Gasteiger partial charge in [-0.1, -0.05) is 11.3 Å². The Morgan fingerprint density at radius 1 is 1.35 bits per heavy atom. The van der Waals surface area contributed by atoms with Gasteiger partial charge >= 0.3 is 5.00 Å². The summed E-state index contributed by atoms with van der Waals surface area (Å²) in [6.45, 7) is 3.14. The molecule has 26 heavy (non-hydrogen) atoms. The lowest BCUT2D eigenvalue weighted by Crippen LogP contribution is -2.53. The highest BCUT2D eigenvalue weighted by Gasteiger charge is 2.46. The van der Waals surface area contributed by atoms with Crippen LogP contribution in [0.25, 0.3) is 0 Å². The molecule has 1 aromatic carbocycles. The van der Waals surface area contributed by atoms with Crippen LogP contribution >= 0.6 is 11.3 Å². The van der Waals surface area contributed by atoms with Crippen molar-refractivity contribution >= 4 is 22.2 Å². The summed E-state index contributed by atoms with van der Waals surface area (Å²) < 4.78 is 32.0. The Balaban J connectivity index is 1.96. The number of hydrogen-bond acceptors (Lipinski definition) is 6. The van der Waals surface area contributed by atoms with Crippen molar-refractivity contribution in [2.45, 2.75) is 31.6 Å². The van der Waals surface area contributed by atoms with Gasteiger partial charge in [-0.15, -0.1) is 0 Å². The average Bonchev–Trinajstić information content (AvgIpc) is 2.97. The standard InChI is InChI=1S/C16H14F2N2O5S/c1-16(2)14(21)12(13-10(25-16)6-11(26-13)20(23)24)19-15(22)7-3-4-8(17)9(18)5-7/h3-6,12,14,21H,1-2H3,(H,19,22)/t12-,14+/m0/s1. The first-order chi connectivity index (χ1) is 12.1. The van der Waals surface area contributed by atoms with E-state index in [1.165, 1.54) is 6.07 Å². The van der Waals surface area contributed by atoms with E-state index in [0.29, 0.717) is 0 Å². The van der Waals surface area contributed by atoms with Crippen LogP contribution in [0.1, 0.15) is 35.1 Å². The van der Waals surface area contributed by atoms with Gasteiger partial charge in [-0.05, 0) is 32.0 Å². The van der Waals surface area contributed by atoms with Crippen LogP contribution in [0, 0.1) is 21.7 Å². The first-order valence-electron chi connectivity index (χ1n) is 7.51. The predicted octanol–water partition coefficient (Wildman–Crippen LogP) is 2.94. The molecule has 0 unspecified atom stereocenters. The molecule has 0 spiro atoms. The monoisotopic (exact) mass is 384 g/mol. The number of nitrogens with one attached hydrogen (secondary N) is 1. The van der Waals surface area contributed by atoms with Gasteiger partial charge < -0.3 is 15.2 Å². The molecule has 0 radical (unpaired) electrons. The first-order valence-corrected chi connectivity index (χ1v) is 8.33. The predicted molar refractivity (Wildman–Crippen MR) is 88.3 cm³/mol. The number of rotatable bonds is 3. The van der Waals surface area contributed by atoms with Crippen LogP contribution in [0.15, 0.2) is 24.3 Å². The van der Waals surface area contributed by atoms with Crippen LogP contribution in [-0.4, -0.2) is 27.6 Å². The zero-order valence-electron chi connectivity index (χ0n) is 13.7. The number of fused-ring (bicyclic) bond motifs is 1. The number of thiophene rings is 1. The van der Waals surface area contributed by atoms with E-state index in [1.54, 1.807) is 13.8 Å². The van der Waals surface area contributed by atoms with Crippen molar-refractivity contribution < 1.29 is 28.3 Å². The highest BCUT2D eigenvalue weighted by Crippen LogP contribution is 2.47. The minimum atomic E-state index is -1.22. The first kappa shape index (κ1) is 18.2. The summed E-state index contributed by atoms with van der Waals surface area (Å²) in [5.74, 6) is -2.84. The van der Waals surface area contributed by atoms with E-state index in [1.807, 2.05) is 0 Å². The summed E-state index contributed by atoms with van der Waals surface area (Å²) in [6.07, 6.45) is -1.22. The maximum absolute atomic E-state index is 13.4. The Labute approximate surface area is 150 Å². The Morgan fingerprint density at radius 3 is 2.65 bits per heavy atom. The van der Waals surface area contributed by atoms with Crippen LogP contribution < -0.4 is 10.1 Å². The molecule has 0 fully saturated rings. The summed E-state index contributed by atoms with van der Waals surface area (Å²) in [4.78, 5) is 23.1. The summed E-state index contributed by atoms with van der Waals surface area (Å²) in [5, 5.41) is 23.9. The number of nitrogens with zero attached hydrogens (tertiary/aromatic N) is 1. The summed E-state index contributed by atoms with van der Waals surface area (Å²) in [5.41, 5.74) is -1.28. The number of halogens is 2. The number of amides is 1. The fourth-order valence-corrected chi connectivity index (χ4v) is 3.64. The minimum Gasteiger partial charge on any atom is -0.484 e. The average molecular weight is 384 g/mol. The lowest BCUT2D eigenvalue weighted by molar-refractivity contribution is -0.380. The van der Waals surface area contributed by atoms with E-state index in [9.17, 15) is 28.8 Å². The fourth-order valence-electron chi connectivity index (χ4n) is 2.66. The zero-order chi connectivity index (χ0) is 19.2. The number of ether oxygens (including phenoxy) is 1. The van der Waals surface area contributed by atoms with E-state index < -0.39 is 40.2 Å². The van der Waals surface area contributed by atoms with E-state index in [4.69, 9.17) is 4.74 Å². The van der Waals surface area contributed by atoms with Gasteiger partial charge in [0, 0.05) is 5.56 Å². The van der Waals surface area contributed by atoms with Crippen molar-refractivity contribution in [3.8, 4) is 5.75 Å². The molecule has 0 bridgehead atoms. The third-order valence-electron chi connectivity index (χ3n) is 4.04. The van der Waals surface area contributed by atoms with Gasteiger partial charge in [0.1, 0.15) is 17.5 Å². The maximum Gasteiger partial charge on any atom is 0.328 e. The second-order valence-corrected chi connectivity index (χ2v) is 7.36. The van der Waals surface area contributed by atoms with Crippen molar-refractivity contribution in [1.29, 1.82) is 0 Å². The van der Waals surface area contributed by atoms with Gasteiger partial charge in [0.15, 0.2) is 11.6 Å². The van der Waals surface area contributed by atoms with Crippen molar-refractivity contribution in [3.05, 3.63) is 56.5 Å². The molecule has 1 amide bonds. The molecule has 0 saturated carbocycles. The molecule has 1 aliphatic rings. The van der Waals surface area contributed by atoms with E-state index in [-0.39, 0.29) is 21.2 Å². The van der Waals surface area contributed by atoms with Crippen LogP contribution in [0.5, 0.6) is 5.75 Å². The molecule has 10 heteroatoms. The molecule has 3 rings (SSSR count). The van der Waals surface area contributed by atoms with Crippen molar-refractivity contribution in [2.75, 3.05) is 0 Å². The maximum atomic E-state index is 13.4. The molecule has 1 aromatic heterocycles. The van der Waals surface area contributed by atoms with Crippen LogP contribution in [0.4, 0.5) is 13.8 Å². The van der Waals surface area contributed by atoms with E-state index in [0.717, 1.165) is 29.5 Å². The molecule has 2 atom stereocenters. The topological polar surface area (TPSA) is 102 Å². The highest BCUT2D eigenvalue weighted by atomic mass is 32.1. The number of carbonyl (C=O) groups excluding carboxylic acids is 1. The third kappa shape index (κ3) is 3.13. The second-order valence-electron chi connectivity index (χ2n) is 6.30. The number of aliphatic hydroxyl groups excluding tert-OH is 1. The van der Waals surface area contributed by atoms with Gasteiger partial charge in [0.2, 0.25) is 0 Å². The number of carbonyl (C=O) groups is 1. The molecule has 2 aromatic rings. The number of nitro groups is 1. The van der Waals surface area contributed by atoms with Gasteiger partial charge in [-0.25, -0.2) is 8.78 Å². The minimum absolute atomic E-state index is 0.145. The number of aliphatic hydroxyl groups is 1. The van der Waals surface area contributed by atoms with Crippen molar-refractivity contribution in [3.63, 3.8) is 0 Å². The Morgan fingerprint density at radius 2 is 2.04 bits per heavy atom. The molecule has 0 saturated heterocycles. The van der Waals surface area contributed by atoms with Gasteiger partial charge in [0.05, 0.1) is 21.9 Å². The Bertz CT molecular complexity index is 899. The van der Waals surface area contributed by atoms with Crippen molar-refractivity contribution in [1.82, 2.24) is 5.32 Å². The second kappa shape index (κ2) is 6.29. The third-order valence-corrected chi connectivity index (χ3v) is 5.19. The highest BCUT2D eigenvalue weighted by molar-refractivity contribution is 7.15. The summed E-state index contributed by atoms with van der Waals surface area (Å²) in [6, 6.07) is 2.87. The quantitative estimate of drug-likeness (QED) is 0.626. The largest absolute Gasteiger partial charge is 0.484 e. The van der Waals surface area contributed by atoms with Gasteiger partial charge in [0.25, 0.3) is 5.91 Å². The smallest absolute Gasteiger partial charge is 0.328 e. The van der Waals surface area contributed by atoms with Crippen molar-refractivity contribution in [2.24, 2.45) is 0 Å². The Hall–Kier alpha value is -2.59. The Kier molecular flexibility index (Phi) is 4.41. The molecular formula is C16H14F2N2O5S. The SMILES string of the molecule is CC1(C)Oc2cc([N+](=O)[O-])sc2[C@H](NC(=O)c2ccc(F)c(F)c2)[C@H]1O. The molecular weight excluding hydrogens is 370 g/mol. The lowest BCUT2D eigenvalue weighted by Gasteiger charge is -2.40. The molecule has 138 valence electrons. The van der Waals surface area contributed by atoms with Gasteiger partial charge in [-0.3, -0.25) is 14.9 Å². The normalized spacial score (nSPS) is 20.8. The van der Waals surface area contributed by atoms with Crippen LogP contribution in [-0.2, 0) is 0 Å². The lowest BCUT2D eigenvalue weighted by atomic mass is 9.90. The molecule has 0 aliphatic carbocycles. The summed E-state index contributed by atoms with van der Waals surface area (Å²) in [7, 11) is 0. The molecule has 2 N–H and O–H groups in total. The summed E-state index contributed by atoms with van der Waals surface area (Å²) >= 11 is 0.766. The fraction of sp³-hybridized carbons (Fsp3) is 0.312. The molecule has 1 aliphatic heterocycles. The van der Waals surface area contributed by atoms with Gasteiger partial charge in [-0.2, -0.15) is 0 Å². The molecule has 2 heterocycles. The zero-order valence-corrected chi connectivity index (χ0v) is 14.5. The van der Waals surface area contributed by atoms with E-state index >= 15 is 0 Å². The van der Waals surface area contributed by atoms with Crippen LogP contribution in [0.3, 0.4) is 0 Å². The number of benzene rings is 1. The number of hydrogen-bond donors (Lipinski definition) is 2.